The fraction of sp³-hybridized carbons (Fsp3) is 0.273. The standard InChI is InChI=1S/C22H20F3N3O2/c1-27-20-8-11-28(13-15-6-9-26-10-7-15)14-17(20)12-19(21(27)29)16-2-4-18(5-3-16)30-22(23,24)25/h2-7,9-10,12H,8,11,13-14H2,1H3. The van der Waals surface area contributed by atoms with Crippen LogP contribution in [-0.2, 0) is 26.6 Å². The summed E-state index contributed by atoms with van der Waals surface area (Å²) in [6, 6.07) is 11.2. The minimum Gasteiger partial charge on any atom is -0.406 e. The van der Waals surface area contributed by atoms with E-state index in [4.69, 9.17) is 0 Å². The lowest BCUT2D eigenvalue weighted by atomic mass is 9.99. The number of fused-ring (bicyclic) bond motifs is 1. The van der Waals surface area contributed by atoms with Gasteiger partial charge in [-0.05, 0) is 47.0 Å². The molecule has 0 unspecified atom stereocenters. The van der Waals surface area contributed by atoms with Crippen LogP contribution < -0.4 is 10.3 Å². The molecule has 1 aliphatic rings. The lowest BCUT2D eigenvalue weighted by Gasteiger charge is -2.30. The molecule has 0 radical (unpaired) electrons. The van der Waals surface area contributed by atoms with Crippen LogP contribution >= 0.6 is 0 Å². The normalized spacial score (nSPS) is 14.4. The molecule has 8 heteroatoms. The van der Waals surface area contributed by atoms with Crippen molar-refractivity contribution in [2.45, 2.75) is 25.9 Å². The molecular weight excluding hydrogens is 395 g/mol. The van der Waals surface area contributed by atoms with Crippen LogP contribution in [0, 0.1) is 0 Å². The van der Waals surface area contributed by atoms with E-state index in [-0.39, 0.29) is 11.3 Å². The third kappa shape index (κ3) is 4.38. The Morgan fingerprint density at radius 1 is 1.10 bits per heavy atom. The van der Waals surface area contributed by atoms with Gasteiger partial charge in [0.15, 0.2) is 0 Å². The molecule has 30 heavy (non-hydrogen) atoms. The van der Waals surface area contributed by atoms with Gasteiger partial charge in [-0.1, -0.05) is 12.1 Å². The summed E-state index contributed by atoms with van der Waals surface area (Å²) < 4.78 is 42.7. The molecule has 2 aromatic heterocycles. The number of alkyl halides is 3. The number of rotatable bonds is 4. The summed E-state index contributed by atoms with van der Waals surface area (Å²) in [5.74, 6) is -0.315. The summed E-state index contributed by atoms with van der Waals surface area (Å²) in [5.41, 5.74) is 4.05. The van der Waals surface area contributed by atoms with Crippen LogP contribution in [0.4, 0.5) is 13.2 Å². The monoisotopic (exact) mass is 415 g/mol. The second kappa shape index (κ2) is 7.95. The topological polar surface area (TPSA) is 47.4 Å². The van der Waals surface area contributed by atoms with Gasteiger partial charge in [-0.3, -0.25) is 14.7 Å². The Kier molecular flexibility index (Phi) is 5.34. The van der Waals surface area contributed by atoms with Crippen molar-refractivity contribution in [3.05, 3.63) is 82.0 Å². The minimum atomic E-state index is -4.75. The highest BCUT2D eigenvalue weighted by Crippen LogP contribution is 2.27. The van der Waals surface area contributed by atoms with Crippen molar-refractivity contribution in [1.82, 2.24) is 14.5 Å². The molecule has 0 N–H and O–H groups in total. The maximum Gasteiger partial charge on any atom is 0.573 e. The van der Waals surface area contributed by atoms with Crippen molar-refractivity contribution >= 4 is 0 Å². The second-order valence-electron chi connectivity index (χ2n) is 7.28. The molecule has 0 amide bonds. The number of aromatic nitrogens is 2. The molecule has 3 heterocycles. The van der Waals surface area contributed by atoms with E-state index in [2.05, 4.69) is 14.6 Å². The number of hydrogen-bond acceptors (Lipinski definition) is 4. The van der Waals surface area contributed by atoms with E-state index in [1.54, 1.807) is 24.0 Å². The molecule has 1 aromatic carbocycles. The van der Waals surface area contributed by atoms with Crippen LogP contribution in [0.25, 0.3) is 11.1 Å². The van der Waals surface area contributed by atoms with Crippen molar-refractivity contribution in [3.63, 3.8) is 0 Å². The predicted octanol–water partition coefficient (Wildman–Crippen LogP) is 3.90. The van der Waals surface area contributed by atoms with Gasteiger partial charge >= 0.3 is 6.36 Å². The first-order chi connectivity index (χ1) is 14.3. The highest BCUT2D eigenvalue weighted by Gasteiger charge is 2.31. The Morgan fingerprint density at radius 2 is 1.80 bits per heavy atom. The Bertz CT molecular complexity index is 1090. The highest BCUT2D eigenvalue weighted by atomic mass is 19.4. The zero-order valence-corrected chi connectivity index (χ0v) is 16.3. The average Bonchev–Trinajstić information content (AvgIpc) is 2.71. The number of halogens is 3. The quantitative estimate of drug-likeness (QED) is 0.649. The molecule has 3 aromatic rings. The smallest absolute Gasteiger partial charge is 0.406 e. The zero-order valence-electron chi connectivity index (χ0n) is 16.3. The first-order valence-electron chi connectivity index (χ1n) is 9.49. The third-order valence-corrected chi connectivity index (χ3v) is 5.24. The van der Waals surface area contributed by atoms with Crippen LogP contribution in [0.15, 0.2) is 59.7 Å². The summed E-state index contributed by atoms with van der Waals surface area (Å²) in [6.07, 6.45) is -0.463. The number of ether oxygens (including phenoxy) is 1. The Balaban J connectivity index is 1.61. The maximum atomic E-state index is 12.9. The lowest BCUT2D eigenvalue weighted by molar-refractivity contribution is -0.274. The fourth-order valence-electron chi connectivity index (χ4n) is 3.81. The Hall–Kier alpha value is -3.13. The van der Waals surface area contributed by atoms with Crippen LogP contribution in [0.1, 0.15) is 16.8 Å². The molecule has 0 fully saturated rings. The molecule has 5 nitrogen and oxygen atoms in total. The summed E-state index contributed by atoms with van der Waals surface area (Å²) in [6.45, 7) is 2.31. The van der Waals surface area contributed by atoms with E-state index < -0.39 is 6.36 Å². The average molecular weight is 415 g/mol. The van der Waals surface area contributed by atoms with E-state index in [0.717, 1.165) is 30.8 Å². The first kappa shape index (κ1) is 20.2. The van der Waals surface area contributed by atoms with Gasteiger partial charge in [0.1, 0.15) is 5.75 Å². The maximum absolute atomic E-state index is 12.9. The van der Waals surface area contributed by atoms with Crippen molar-refractivity contribution in [3.8, 4) is 16.9 Å². The van der Waals surface area contributed by atoms with Crippen molar-refractivity contribution < 1.29 is 17.9 Å². The van der Waals surface area contributed by atoms with Crippen LogP contribution in [0.3, 0.4) is 0 Å². The van der Waals surface area contributed by atoms with Gasteiger partial charge in [0, 0.05) is 56.8 Å². The van der Waals surface area contributed by atoms with E-state index >= 15 is 0 Å². The molecule has 0 atom stereocenters. The molecule has 156 valence electrons. The zero-order chi connectivity index (χ0) is 21.3. The molecule has 0 saturated carbocycles. The van der Waals surface area contributed by atoms with E-state index in [1.165, 1.54) is 29.8 Å². The highest BCUT2D eigenvalue weighted by molar-refractivity contribution is 5.64. The summed E-state index contributed by atoms with van der Waals surface area (Å²) >= 11 is 0. The SMILES string of the molecule is Cn1c2c(cc(-c3ccc(OC(F)(F)F)cc3)c1=O)CN(Cc1ccncc1)CC2. The van der Waals surface area contributed by atoms with Crippen LogP contribution in [-0.4, -0.2) is 27.4 Å². The summed E-state index contributed by atoms with van der Waals surface area (Å²) in [4.78, 5) is 19.2. The van der Waals surface area contributed by atoms with Crippen molar-refractivity contribution in [1.29, 1.82) is 0 Å². The van der Waals surface area contributed by atoms with Gasteiger partial charge in [0.25, 0.3) is 5.56 Å². The summed E-state index contributed by atoms with van der Waals surface area (Å²) in [5, 5.41) is 0. The number of nitrogens with zero attached hydrogens (tertiary/aromatic N) is 3. The van der Waals surface area contributed by atoms with Gasteiger partial charge in [0.2, 0.25) is 0 Å². The molecule has 0 saturated heterocycles. The van der Waals surface area contributed by atoms with Gasteiger partial charge in [0.05, 0.1) is 0 Å². The molecule has 0 aliphatic carbocycles. The lowest BCUT2D eigenvalue weighted by Crippen LogP contribution is -2.35. The number of benzene rings is 1. The number of pyridine rings is 2. The van der Waals surface area contributed by atoms with Gasteiger partial charge in [-0.2, -0.15) is 0 Å². The largest absolute Gasteiger partial charge is 0.573 e. The van der Waals surface area contributed by atoms with Crippen LogP contribution in [0.5, 0.6) is 5.75 Å². The molecular formula is C22H20F3N3O2. The van der Waals surface area contributed by atoms with Gasteiger partial charge in [-0.15, -0.1) is 13.2 Å². The molecule has 0 bridgehead atoms. The predicted molar refractivity (Wildman–Crippen MR) is 106 cm³/mol. The van der Waals surface area contributed by atoms with E-state index in [9.17, 15) is 18.0 Å². The van der Waals surface area contributed by atoms with Crippen molar-refractivity contribution in [2.24, 2.45) is 7.05 Å². The van der Waals surface area contributed by atoms with Crippen LogP contribution in [0.2, 0.25) is 0 Å². The van der Waals surface area contributed by atoms with Gasteiger partial charge in [-0.25, -0.2) is 0 Å². The molecule has 0 spiro atoms. The Morgan fingerprint density at radius 3 is 2.47 bits per heavy atom. The minimum absolute atomic E-state index is 0.166. The first-order valence-corrected chi connectivity index (χ1v) is 9.49. The third-order valence-electron chi connectivity index (χ3n) is 5.24. The second-order valence-corrected chi connectivity index (χ2v) is 7.28. The van der Waals surface area contributed by atoms with E-state index in [1.807, 2.05) is 18.2 Å². The number of hydrogen-bond donors (Lipinski definition) is 0. The Labute approximate surface area is 171 Å². The summed E-state index contributed by atoms with van der Waals surface area (Å²) in [7, 11) is 1.74. The molecule has 4 rings (SSSR count). The van der Waals surface area contributed by atoms with Crippen molar-refractivity contribution in [2.75, 3.05) is 6.54 Å². The molecule has 1 aliphatic heterocycles. The van der Waals surface area contributed by atoms with E-state index in [0.29, 0.717) is 17.7 Å². The fourth-order valence-corrected chi connectivity index (χ4v) is 3.81. The van der Waals surface area contributed by atoms with Gasteiger partial charge < -0.3 is 9.30 Å².